The highest BCUT2D eigenvalue weighted by Crippen LogP contribution is 2.34. The summed E-state index contributed by atoms with van der Waals surface area (Å²) in [6.45, 7) is 3.14. The van der Waals surface area contributed by atoms with Crippen molar-refractivity contribution in [1.82, 2.24) is 0 Å². The molecule has 2 atom stereocenters. The summed E-state index contributed by atoms with van der Waals surface area (Å²) in [5, 5.41) is 0. The Kier molecular flexibility index (Phi) is 6.30. The molecule has 5 heteroatoms. The van der Waals surface area contributed by atoms with E-state index in [1.165, 1.54) is 12.7 Å². The van der Waals surface area contributed by atoms with Crippen LogP contribution in [0.5, 0.6) is 0 Å². The summed E-state index contributed by atoms with van der Waals surface area (Å²) in [5.74, 6) is -1.38. The Morgan fingerprint density at radius 2 is 1.73 bits per heavy atom. The predicted octanol–water partition coefficient (Wildman–Crippen LogP) is 5.68. The van der Waals surface area contributed by atoms with E-state index >= 15 is 0 Å². The molecular formula is C21H26F2O3. The highest BCUT2D eigenvalue weighted by Gasteiger charge is 2.25. The minimum atomic E-state index is -0.952. The Balaban J connectivity index is 1.57. The smallest absolute Gasteiger partial charge is 0.199 e. The molecule has 1 aromatic carbocycles. The lowest BCUT2D eigenvalue weighted by molar-refractivity contribution is 0.00203. The molecule has 0 bridgehead atoms. The van der Waals surface area contributed by atoms with Crippen molar-refractivity contribution in [3.05, 3.63) is 58.6 Å². The van der Waals surface area contributed by atoms with Crippen molar-refractivity contribution in [1.29, 1.82) is 0 Å². The molecule has 3 nitrogen and oxygen atoms in total. The zero-order valence-electron chi connectivity index (χ0n) is 15.4. The molecule has 1 aromatic rings. The van der Waals surface area contributed by atoms with Crippen molar-refractivity contribution in [2.45, 2.75) is 57.7 Å². The molecule has 3 rings (SSSR count). The molecule has 0 aromatic heterocycles. The fourth-order valence-corrected chi connectivity index (χ4v) is 3.47. The molecule has 1 fully saturated rings. The number of methoxy groups -OCH3 is 1. The van der Waals surface area contributed by atoms with E-state index in [-0.39, 0.29) is 18.1 Å². The second-order valence-corrected chi connectivity index (χ2v) is 6.85. The van der Waals surface area contributed by atoms with Crippen LogP contribution in [-0.2, 0) is 20.8 Å². The van der Waals surface area contributed by atoms with Crippen LogP contribution < -0.4 is 0 Å². The van der Waals surface area contributed by atoms with Gasteiger partial charge in [-0.15, -0.1) is 0 Å². The Hall–Kier alpha value is -1.88. The molecule has 1 saturated heterocycles. The average molecular weight is 364 g/mol. The van der Waals surface area contributed by atoms with Gasteiger partial charge in [-0.3, -0.25) is 0 Å². The number of benzene rings is 1. The fraction of sp³-hybridized carbons (Fsp3) is 0.524. The second-order valence-electron chi connectivity index (χ2n) is 6.85. The summed E-state index contributed by atoms with van der Waals surface area (Å²) in [6.07, 6.45) is 4.31. The quantitative estimate of drug-likeness (QED) is 0.650. The third-order valence-corrected chi connectivity index (χ3v) is 5.20. The van der Waals surface area contributed by atoms with Gasteiger partial charge >= 0.3 is 0 Å². The lowest BCUT2D eigenvalue weighted by Crippen LogP contribution is -2.24. The molecule has 1 heterocycles. The molecule has 1 aliphatic heterocycles. The van der Waals surface area contributed by atoms with Crippen LogP contribution in [0.1, 0.15) is 56.1 Å². The number of hydrogen-bond acceptors (Lipinski definition) is 3. The van der Waals surface area contributed by atoms with E-state index in [1.807, 2.05) is 12.1 Å². The first-order valence-electron chi connectivity index (χ1n) is 9.27. The van der Waals surface area contributed by atoms with Crippen LogP contribution in [-0.4, -0.2) is 19.8 Å². The van der Waals surface area contributed by atoms with Crippen LogP contribution in [0.3, 0.4) is 0 Å². The SMILES string of the molecule is CCC1CCC(c2ccc(COC3=C(F)C(F)=C(OC)CC3)cc2)CO1. The summed E-state index contributed by atoms with van der Waals surface area (Å²) in [7, 11) is 1.34. The van der Waals surface area contributed by atoms with Gasteiger partial charge in [0.15, 0.2) is 11.7 Å². The van der Waals surface area contributed by atoms with E-state index < -0.39 is 11.7 Å². The molecule has 0 spiro atoms. The topological polar surface area (TPSA) is 27.7 Å². The van der Waals surface area contributed by atoms with Crippen LogP contribution in [0.15, 0.2) is 47.4 Å². The maximum absolute atomic E-state index is 14.0. The van der Waals surface area contributed by atoms with Crippen LogP contribution in [0, 0.1) is 0 Å². The molecule has 1 aliphatic carbocycles. The zero-order valence-corrected chi connectivity index (χ0v) is 15.4. The van der Waals surface area contributed by atoms with E-state index in [9.17, 15) is 8.78 Å². The summed E-state index contributed by atoms with van der Waals surface area (Å²) in [5.41, 5.74) is 2.18. The van der Waals surface area contributed by atoms with Gasteiger partial charge in [0.25, 0.3) is 0 Å². The summed E-state index contributed by atoms with van der Waals surface area (Å²) < 4.78 is 43.9. The Labute approximate surface area is 153 Å². The van der Waals surface area contributed by atoms with Crippen LogP contribution in [0.2, 0.25) is 0 Å². The number of rotatable bonds is 6. The molecule has 2 aliphatic rings. The van der Waals surface area contributed by atoms with Crippen molar-refractivity contribution in [3.63, 3.8) is 0 Å². The largest absolute Gasteiger partial charge is 0.498 e. The van der Waals surface area contributed by atoms with Gasteiger partial charge in [-0.25, -0.2) is 0 Å². The van der Waals surface area contributed by atoms with Gasteiger partial charge in [0, 0.05) is 18.8 Å². The van der Waals surface area contributed by atoms with Gasteiger partial charge in [0.05, 0.1) is 19.8 Å². The van der Waals surface area contributed by atoms with Gasteiger partial charge in [0.1, 0.15) is 18.1 Å². The first kappa shape index (κ1) is 18.9. The van der Waals surface area contributed by atoms with E-state index in [0.29, 0.717) is 24.9 Å². The van der Waals surface area contributed by atoms with Crippen LogP contribution in [0.4, 0.5) is 8.78 Å². The predicted molar refractivity (Wildman–Crippen MR) is 95.7 cm³/mol. The number of allylic oxidation sites excluding steroid dienone is 4. The molecule has 2 unspecified atom stereocenters. The number of hydrogen-bond donors (Lipinski definition) is 0. The minimum Gasteiger partial charge on any atom is -0.498 e. The van der Waals surface area contributed by atoms with Gasteiger partial charge < -0.3 is 14.2 Å². The van der Waals surface area contributed by atoms with Crippen LogP contribution >= 0.6 is 0 Å². The third-order valence-electron chi connectivity index (χ3n) is 5.20. The minimum absolute atomic E-state index is 0.0409. The fourth-order valence-electron chi connectivity index (χ4n) is 3.47. The maximum atomic E-state index is 14.0. The molecule has 142 valence electrons. The second kappa shape index (κ2) is 8.67. The summed E-state index contributed by atoms with van der Waals surface area (Å²) in [4.78, 5) is 0. The Morgan fingerprint density at radius 3 is 2.35 bits per heavy atom. The van der Waals surface area contributed by atoms with Crippen molar-refractivity contribution in [2.75, 3.05) is 13.7 Å². The maximum Gasteiger partial charge on any atom is 0.199 e. The Bertz CT molecular complexity index is 671. The van der Waals surface area contributed by atoms with E-state index in [0.717, 1.165) is 31.4 Å². The van der Waals surface area contributed by atoms with Gasteiger partial charge in [-0.05, 0) is 30.4 Å². The highest BCUT2D eigenvalue weighted by molar-refractivity contribution is 5.30. The van der Waals surface area contributed by atoms with Gasteiger partial charge in [-0.2, -0.15) is 8.78 Å². The molecule has 0 saturated carbocycles. The molecule has 26 heavy (non-hydrogen) atoms. The van der Waals surface area contributed by atoms with E-state index in [1.54, 1.807) is 0 Å². The monoisotopic (exact) mass is 364 g/mol. The number of ether oxygens (including phenoxy) is 3. The normalized spacial score (nSPS) is 24.0. The Morgan fingerprint density at radius 1 is 1.04 bits per heavy atom. The van der Waals surface area contributed by atoms with Crippen molar-refractivity contribution in [3.8, 4) is 0 Å². The summed E-state index contributed by atoms with van der Waals surface area (Å²) >= 11 is 0. The highest BCUT2D eigenvalue weighted by atomic mass is 19.2. The lowest BCUT2D eigenvalue weighted by atomic mass is 9.90. The van der Waals surface area contributed by atoms with Crippen molar-refractivity contribution >= 4 is 0 Å². The van der Waals surface area contributed by atoms with E-state index in [2.05, 4.69) is 19.1 Å². The standard InChI is InChI=1S/C21H26F2O3/c1-3-17-9-8-16(13-25-17)15-6-4-14(5-7-15)12-26-19-11-10-18(24-2)20(22)21(19)23/h4-7,16-17H,3,8-13H2,1-2H3. The number of halogens is 2. The average Bonchev–Trinajstić information content (AvgIpc) is 2.70. The lowest BCUT2D eigenvalue weighted by Gasteiger charge is -2.28. The van der Waals surface area contributed by atoms with E-state index in [4.69, 9.17) is 14.2 Å². The third kappa shape index (κ3) is 4.26. The van der Waals surface area contributed by atoms with Gasteiger partial charge in [-0.1, -0.05) is 31.2 Å². The first-order valence-corrected chi connectivity index (χ1v) is 9.27. The van der Waals surface area contributed by atoms with Crippen LogP contribution in [0.25, 0.3) is 0 Å². The molecule has 0 N–H and O–H groups in total. The first-order chi connectivity index (χ1) is 12.6. The zero-order chi connectivity index (χ0) is 18.5. The summed E-state index contributed by atoms with van der Waals surface area (Å²) in [6, 6.07) is 8.12. The van der Waals surface area contributed by atoms with Gasteiger partial charge in [0.2, 0.25) is 0 Å². The molecule has 0 amide bonds. The van der Waals surface area contributed by atoms with Crippen molar-refractivity contribution < 1.29 is 23.0 Å². The molecule has 0 radical (unpaired) electrons. The van der Waals surface area contributed by atoms with Crippen molar-refractivity contribution in [2.24, 2.45) is 0 Å². The molecular weight excluding hydrogens is 338 g/mol.